The van der Waals surface area contributed by atoms with Gasteiger partial charge in [0.05, 0.1) is 0 Å². The van der Waals surface area contributed by atoms with Crippen LogP contribution in [0.4, 0.5) is 17.5 Å². The maximum Gasteiger partial charge on any atom is 0.227 e. The normalized spacial score (nSPS) is 20.8. The molecular weight excluding hydrogens is 334 g/mol. The Hall–Kier alpha value is -2.30. The summed E-state index contributed by atoms with van der Waals surface area (Å²) in [5.41, 5.74) is 2.65. The van der Waals surface area contributed by atoms with Gasteiger partial charge in [-0.3, -0.25) is 0 Å². The fraction of sp³-hybridized carbons (Fsp3) is 0.545. The van der Waals surface area contributed by atoms with Gasteiger partial charge < -0.3 is 14.7 Å². The number of aryl methyl sites for hydroxylation is 1. The van der Waals surface area contributed by atoms with Crippen molar-refractivity contribution in [3.8, 4) is 0 Å². The summed E-state index contributed by atoms with van der Waals surface area (Å²) in [6.45, 7) is 9.59. The largest absolute Gasteiger partial charge is 0.368 e. The third-order valence-corrected chi connectivity index (χ3v) is 5.95. The molecule has 2 saturated heterocycles. The molecule has 0 spiro atoms. The highest BCUT2D eigenvalue weighted by molar-refractivity contribution is 5.51. The maximum absolute atomic E-state index is 4.95. The Morgan fingerprint density at radius 1 is 1.00 bits per heavy atom. The molecule has 1 atom stereocenters. The lowest BCUT2D eigenvalue weighted by atomic mass is 10.0. The molecule has 0 aliphatic carbocycles. The van der Waals surface area contributed by atoms with E-state index < -0.39 is 0 Å². The molecule has 0 bridgehead atoms. The first-order valence-electron chi connectivity index (χ1n) is 10.4. The number of piperidine rings is 1. The molecule has 27 heavy (non-hydrogen) atoms. The van der Waals surface area contributed by atoms with Gasteiger partial charge in [0, 0.05) is 50.6 Å². The Bertz CT molecular complexity index is 754. The summed E-state index contributed by atoms with van der Waals surface area (Å²) in [6.07, 6.45) is 6.95. The third kappa shape index (κ3) is 4.02. The fourth-order valence-electron chi connectivity index (χ4n) is 4.36. The fourth-order valence-corrected chi connectivity index (χ4v) is 4.36. The number of benzene rings is 1. The summed E-state index contributed by atoms with van der Waals surface area (Å²) >= 11 is 0. The maximum atomic E-state index is 4.95. The molecular formula is C22H31N5. The van der Waals surface area contributed by atoms with E-state index >= 15 is 0 Å². The van der Waals surface area contributed by atoms with E-state index in [-0.39, 0.29) is 0 Å². The van der Waals surface area contributed by atoms with Crippen molar-refractivity contribution in [1.29, 1.82) is 0 Å². The first-order chi connectivity index (χ1) is 13.2. The van der Waals surface area contributed by atoms with Gasteiger partial charge in [0.25, 0.3) is 0 Å². The molecule has 0 radical (unpaired) electrons. The van der Waals surface area contributed by atoms with Crippen LogP contribution < -0.4 is 14.7 Å². The smallest absolute Gasteiger partial charge is 0.227 e. The summed E-state index contributed by atoms with van der Waals surface area (Å²) in [4.78, 5) is 16.9. The van der Waals surface area contributed by atoms with Crippen LogP contribution in [0.1, 0.15) is 38.2 Å². The van der Waals surface area contributed by atoms with E-state index in [1.165, 1.54) is 36.9 Å². The average molecular weight is 366 g/mol. The van der Waals surface area contributed by atoms with Crippen LogP contribution in [-0.2, 0) is 0 Å². The molecule has 2 aromatic rings. The van der Waals surface area contributed by atoms with Gasteiger partial charge >= 0.3 is 0 Å². The predicted octanol–water partition coefficient (Wildman–Crippen LogP) is 3.88. The molecule has 5 heteroatoms. The minimum atomic E-state index is 0.590. The zero-order chi connectivity index (χ0) is 18.6. The zero-order valence-electron chi connectivity index (χ0n) is 16.6. The van der Waals surface area contributed by atoms with Crippen LogP contribution in [0.3, 0.4) is 0 Å². The van der Waals surface area contributed by atoms with E-state index in [2.05, 4.69) is 63.9 Å². The molecule has 1 aromatic carbocycles. The standard InChI is InChI=1S/C22H31N5/c1-3-19-8-4-5-12-27(19)22-23-11-10-21(24-22)26-15-13-25(14-16-26)20-9-6-7-18(2)17-20/h6-7,9-11,17,19H,3-5,8,12-16H2,1-2H3. The topological polar surface area (TPSA) is 35.5 Å². The number of hydrogen-bond donors (Lipinski definition) is 0. The monoisotopic (exact) mass is 365 g/mol. The zero-order valence-corrected chi connectivity index (χ0v) is 16.6. The van der Waals surface area contributed by atoms with E-state index in [1.54, 1.807) is 0 Å². The molecule has 0 amide bonds. The third-order valence-electron chi connectivity index (χ3n) is 5.95. The highest BCUT2D eigenvalue weighted by atomic mass is 15.3. The van der Waals surface area contributed by atoms with E-state index in [1.807, 2.05) is 6.20 Å². The van der Waals surface area contributed by atoms with Gasteiger partial charge in [0.15, 0.2) is 0 Å². The molecule has 2 aliphatic rings. The summed E-state index contributed by atoms with van der Waals surface area (Å²) in [5.74, 6) is 1.99. The number of anilines is 3. The Morgan fingerprint density at radius 2 is 1.81 bits per heavy atom. The number of rotatable bonds is 4. The first-order valence-corrected chi connectivity index (χ1v) is 10.4. The lowest BCUT2D eigenvalue weighted by Gasteiger charge is -2.38. The SMILES string of the molecule is CCC1CCCCN1c1nccc(N2CCN(c3cccc(C)c3)CC2)n1. The van der Waals surface area contributed by atoms with Crippen molar-refractivity contribution in [3.63, 3.8) is 0 Å². The number of nitrogens with zero attached hydrogens (tertiary/aromatic N) is 5. The van der Waals surface area contributed by atoms with Gasteiger partial charge in [-0.05, 0) is 56.4 Å². The van der Waals surface area contributed by atoms with Crippen molar-refractivity contribution in [2.75, 3.05) is 47.4 Å². The van der Waals surface area contributed by atoms with Crippen molar-refractivity contribution in [3.05, 3.63) is 42.1 Å². The Labute approximate surface area is 163 Å². The van der Waals surface area contributed by atoms with Crippen LogP contribution >= 0.6 is 0 Å². The summed E-state index contributed by atoms with van der Waals surface area (Å²) < 4.78 is 0. The van der Waals surface area contributed by atoms with Crippen LogP contribution in [-0.4, -0.2) is 48.7 Å². The molecule has 0 N–H and O–H groups in total. The van der Waals surface area contributed by atoms with E-state index in [0.717, 1.165) is 44.5 Å². The highest BCUT2D eigenvalue weighted by Gasteiger charge is 2.24. The van der Waals surface area contributed by atoms with Gasteiger partial charge in [0.1, 0.15) is 5.82 Å². The molecule has 2 aliphatic heterocycles. The van der Waals surface area contributed by atoms with Crippen LogP contribution in [0.25, 0.3) is 0 Å². The van der Waals surface area contributed by atoms with Crippen molar-refractivity contribution < 1.29 is 0 Å². The summed E-state index contributed by atoms with van der Waals surface area (Å²) in [5, 5.41) is 0. The Kier molecular flexibility index (Phi) is 5.46. The molecule has 144 valence electrons. The van der Waals surface area contributed by atoms with Gasteiger partial charge in [-0.2, -0.15) is 4.98 Å². The van der Waals surface area contributed by atoms with Crippen LogP contribution in [0.2, 0.25) is 0 Å². The van der Waals surface area contributed by atoms with Crippen molar-refractivity contribution in [2.45, 2.75) is 45.6 Å². The van der Waals surface area contributed by atoms with E-state index in [9.17, 15) is 0 Å². The summed E-state index contributed by atoms with van der Waals surface area (Å²) in [6, 6.07) is 11.5. The second-order valence-electron chi connectivity index (χ2n) is 7.78. The quantitative estimate of drug-likeness (QED) is 0.822. The molecule has 1 unspecified atom stereocenters. The van der Waals surface area contributed by atoms with Crippen molar-refractivity contribution in [2.24, 2.45) is 0 Å². The second kappa shape index (κ2) is 8.15. The van der Waals surface area contributed by atoms with Crippen molar-refractivity contribution >= 4 is 17.5 Å². The minimum Gasteiger partial charge on any atom is -0.368 e. The molecule has 5 nitrogen and oxygen atoms in total. The molecule has 0 saturated carbocycles. The van der Waals surface area contributed by atoms with Gasteiger partial charge in [0.2, 0.25) is 5.95 Å². The highest BCUT2D eigenvalue weighted by Crippen LogP contribution is 2.26. The number of hydrogen-bond acceptors (Lipinski definition) is 5. The van der Waals surface area contributed by atoms with E-state index in [0.29, 0.717) is 6.04 Å². The molecule has 2 fully saturated rings. The number of aromatic nitrogens is 2. The average Bonchev–Trinajstić information content (AvgIpc) is 2.74. The van der Waals surface area contributed by atoms with Crippen LogP contribution in [0.5, 0.6) is 0 Å². The van der Waals surface area contributed by atoms with Gasteiger partial charge in [-0.1, -0.05) is 19.1 Å². The number of piperazine rings is 1. The Balaban J connectivity index is 1.44. The molecule has 3 heterocycles. The van der Waals surface area contributed by atoms with Gasteiger partial charge in [-0.15, -0.1) is 0 Å². The predicted molar refractivity (Wildman–Crippen MR) is 113 cm³/mol. The Morgan fingerprint density at radius 3 is 2.59 bits per heavy atom. The van der Waals surface area contributed by atoms with Crippen LogP contribution in [0.15, 0.2) is 36.5 Å². The first kappa shape index (κ1) is 18.1. The minimum absolute atomic E-state index is 0.590. The second-order valence-corrected chi connectivity index (χ2v) is 7.78. The van der Waals surface area contributed by atoms with E-state index in [4.69, 9.17) is 4.98 Å². The molecule has 4 rings (SSSR count). The van der Waals surface area contributed by atoms with Crippen LogP contribution in [0, 0.1) is 6.92 Å². The van der Waals surface area contributed by atoms with Gasteiger partial charge in [-0.25, -0.2) is 4.98 Å². The lowest BCUT2D eigenvalue weighted by Crippen LogP contribution is -2.47. The lowest BCUT2D eigenvalue weighted by molar-refractivity contribution is 0.443. The van der Waals surface area contributed by atoms with Crippen molar-refractivity contribution in [1.82, 2.24) is 9.97 Å². The molecule has 1 aromatic heterocycles. The summed E-state index contributed by atoms with van der Waals surface area (Å²) in [7, 11) is 0.